The van der Waals surface area contributed by atoms with E-state index in [1.54, 1.807) is 12.3 Å². The van der Waals surface area contributed by atoms with Gasteiger partial charge in [-0.25, -0.2) is 0 Å². The Labute approximate surface area is 111 Å². The van der Waals surface area contributed by atoms with Crippen molar-refractivity contribution in [2.75, 3.05) is 11.9 Å². The summed E-state index contributed by atoms with van der Waals surface area (Å²) in [6.45, 7) is 0.813. The average Bonchev–Trinajstić information content (AvgIpc) is 2.33. The number of aromatic nitrogens is 1. The van der Waals surface area contributed by atoms with Gasteiger partial charge in [0.05, 0.1) is 10.7 Å². The molecule has 0 saturated heterocycles. The molecule has 0 radical (unpaired) electrons. The van der Waals surface area contributed by atoms with Gasteiger partial charge in [-0.05, 0) is 36.2 Å². The van der Waals surface area contributed by atoms with E-state index in [0.717, 1.165) is 18.7 Å². The number of halogens is 2. The second-order valence-corrected chi connectivity index (χ2v) is 4.51. The number of rotatable bonds is 4. The topological polar surface area (TPSA) is 24.9 Å². The molecule has 0 saturated carbocycles. The molecule has 0 amide bonds. The fourth-order valence-electron chi connectivity index (χ4n) is 1.52. The van der Waals surface area contributed by atoms with E-state index in [1.807, 2.05) is 24.4 Å². The van der Waals surface area contributed by atoms with Gasteiger partial charge in [-0.2, -0.15) is 0 Å². The Hall–Kier alpha value is -1.25. The zero-order chi connectivity index (χ0) is 12.1. The molecule has 4 heteroatoms. The molecule has 0 spiro atoms. The SMILES string of the molecule is Clc1ccc(NCCc2cccnc2)c(Cl)c1. The molecule has 1 aromatic heterocycles. The minimum atomic E-state index is 0.642. The molecule has 2 aromatic rings. The predicted octanol–water partition coefficient (Wildman–Crippen LogP) is 4.04. The maximum absolute atomic E-state index is 6.05. The highest BCUT2D eigenvalue weighted by Crippen LogP contribution is 2.25. The van der Waals surface area contributed by atoms with Gasteiger partial charge in [0.15, 0.2) is 0 Å². The van der Waals surface area contributed by atoms with Crippen LogP contribution in [0.15, 0.2) is 42.7 Å². The van der Waals surface area contributed by atoms with Crippen LogP contribution >= 0.6 is 23.2 Å². The summed E-state index contributed by atoms with van der Waals surface area (Å²) >= 11 is 11.9. The third kappa shape index (κ3) is 3.62. The van der Waals surface area contributed by atoms with Crippen LogP contribution in [0.3, 0.4) is 0 Å². The zero-order valence-corrected chi connectivity index (χ0v) is 10.7. The second-order valence-electron chi connectivity index (χ2n) is 3.66. The van der Waals surface area contributed by atoms with Gasteiger partial charge in [-0.15, -0.1) is 0 Å². The van der Waals surface area contributed by atoms with Crippen LogP contribution in [-0.2, 0) is 6.42 Å². The largest absolute Gasteiger partial charge is 0.384 e. The highest BCUT2D eigenvalue weighted by Gasteiger charge is 2.00. The number of hydrogen-bond donors (Lipinski definition) is 1. The van der Waals surface area contributed by atoms with Crippen molar-refractivity contribution in [3.8, 4) is 0 Å². The molecule has 1 N–H and O–H groups in total. The number of benzene rings is 1. The van der Waals surface area contributed by atoms with Gasteiger partial charge in [0, 0.05) is 24.0 Å². The van der Waals surface area contributed by atoms with Crippen molar-refractivity contribution >= 4 is 28.9 Å². The van der Waals surface area contributed by atoms with E-state index in [-0.39, 0.29) is 0 Å². The third-order valence-corrected chi connectivity index (χ3v) is 2.93. The number of nitrogens with zero attached hydrogens (tertiary/aromatic N) is 1. The van der Waals surface area contributed by atoms with Crippen LogP contribution < -0.4 is 5.32 Å². The van der Waals surface area contributed by atoms with E-state index in [2.05, 4.69) is 16.4 Å². The molecule has 0 aliphatic carbocycles. The molecule has 0 fully saturated rings. The first-order valence-electron chi connectivity index (χ1n) is 5.33. The van der Waals surface area contributed by atoms with E-state index < -0.39 is 0 Å². The van der Waals surface area contributed by atoms with Crippen molar-refractivity contribution in [1.82, 2.24) is 4.98 Å². The maximum Gasteiger partial charge on any atom is 0.0652 e. The number of anilines is 1. The Kier molecular flexibility index (Phi) is 4.24. The molecule has 1 heterocycles. The van der Waals surface area contributed by atoms with E-state index in [9.17, 15) is 0 Å². The summed E-state index contributed by atoms with van der Waals surface area (Å²) in [6.07, 6.45) is 4.55. The molecular formula is C13H12Cl2N2. The van der Waals surface area contributed by atoms with Crippen molar-refractivity contribution in [3.05, 3.63) is 58.3 Å². The lowest BCUT2D eigenvalue weighted by Gasteiger charge is -2.08. The van der Waals surface area contributed by atoms with Crippen LogP contribution in [0.5, 0.6) is 0 Å². The monoisotopic (exact) mass is 266 g/mol. The minimum absolute atomic E-state index is 0.642. The molecular weight excluding hydrogens is 255 g/mol. The summed E-state index contributed by atoms with van der Waals surface area (Å²) in [5.41, 5.74) is 2.10. The zero-order valence-electron chi connectivity index (χ0n) is 9.16. The maximum atomic E-state index is 6.05. The van der Waals surface area contributed by atoms with Gasteiger partial charge in [0.1, 0.15) is 0 Å². The van der Waals surface area contributed by atoms with Crippen LogP contribution in [0.4, 0.5) is 5.69 Å². The molecule has 88 valence electrons. The Balaban J connectivity index is 1.90. The number of nitrogens with one attached hydrogen (secondary N) is 1. The van der Waals surface area contributed by atoms with Gasteiger partial charge < -0.3 is 5.32 Å². The van der Waals surface area contributed by atoms with Crippen LogP contribution in [0.25, 0.3) is 0 Å². The van der Waals surface area contributed by atoms with Crippen molar-refractivity contribution in [2.24, 2.45) is 0 Å². The van der Waals surface area contributed by atoms with Crippen molar-refractivity contribution < 1.29 is 0 Å². The quantitative estimate of drug-likeness (QED) is 0.904. The predicted molar refractivity (Wildman–Crippen MR) is 72.9 cm³/mol. The van der Waals surface area contributed by atoms with E-state index in [0.29, 0.717) is 10.0 Å². The summed E-state index contributed by atoms with van der Waals surface area (Å²) < 4.78 is 0. The standard InChI is InChI=1S/C13H12Cl2N2/c14-11-3-4-13(12(15)8-11)17-7-5-10-2-1-6-16-9-10/h1-4,6,8-9,17H,5,7H2. The highest BCUT2D eigenvalue weighted by atomic mass is 35.5. The lowest BCUT2D eigenvalue weighted by atomic mass is 10.2. The molecule has 0 aliphatic heterocycles. The third-order valence-electron chi connectivity index (χ3n) is 2.38. The Morgan fingerprint density at radius 1 is 1.18 bits per heavy atom. The van der Waals surface area contributed by atoms with E-state index >= 15 is 0 Å². The second kappa shape index (κ2) is 5.89. The van der Waals surface area contributed by atoms with Crippen molar-refractivity contribution in [1.29, 1.82) is 0 Å². The van der Waals surface area contributed by atoms with Gasteiger partial charge in [0.25, 0.3) is 0 Å². The van der Waals surface area contributed by atoms with Crippen LogP contribution in [0, 0.1) is 0 Å². The highest BCUT2D eigenvalue weighted by molar-refractivity contribution is 6.36. The van der Waals surface area contributed by atoms with E-state index in [4.69, 9.17) is 23.2 Å². The van der Waals surface area contributed by atoms with Crippen molar-refractivity contribution in [2.45, 2.75) is 6.42 Å². The Morgan fingerprint density at radius 2 is 2.06 bits per heavy atom. The fraction of sp³-hybridized carbons (Fsp3) is 0.154. The molecule has 0 aliphatic rings. The first kappa shape index (κ1) is 12.2. The molecule has 2 rings (SSSR count). The lowest BCUT2D eigenvalue weighted by molar-refractivity contribution is 1.01. The minimum Gasteiger partial charge on any atom is -0.384 e. The summed E-state index contributed by atoms with van der Waals surface area (Å²) in [4.78, 5) is 4.07. The lowest BCUT2D eigenvalue weighted by Crippen LogP contribution is -2.05. The van der Waals surface area contributed by atoms with Gasteiger partial charge in [-0.3, -0.25) is 4.98 Å². The molecule has 0 atom stereocenters. The van der Waals surface area contributed by atoms with Crippen molar-refractivity contribution in [3.63, 3.8) is 0 Å². The molecule has 2 nitrogen and oxygen atoms in total. The molecule has 0 bridgehead atoms. The smallest absolute Gasteiger partial charge is 0.0652 e. The number of hydrogen-bond acceptors (Lipinski definition) is 2. The van der Waals surface area contributed by atoms with Gasteiger partial charge >= 0.3 is 0 Å². The van der Waals surface area contributed by atoms with E-state index in [1.165, 1.54) is 5.56 Å². The first-order chi connectivity index (χ1) is 8.25. The summed E-state index contributed by atoms with van der Waals surface area (Å²) in [5, 5.41) is 4.56. The Bertz CT molecular complexity index is 486. The van der Waals surface area contributed by atoms with Gasteiger partial charge in [0.2, 0.25) is 0 Å². The summed E-state index contributed by atoms with van der Waals surface area (Å²) in [6, 6.07) is 9.42. The first-order valence-corrected chi connectivity index (χ1v) is 6.09. The average molecular weight is 267 g/mol. The molecule has 0 unspecified atom stereocenters. The summed E-state index contributed by atoms with van der Waals surface area (Å²) in [5.74, 6) is 0. The molecule has 17 heavy (non-hydrogen) atoms. The fourth-order valence-corrected chi connectivity index (χ4v) is 2.00. The Morgan fingerprint density at radius 3 is 2.76 bits per heavy atom. The number of pyridine rings is 1. The normalized spacial score (nSPS) is 10.2. The van der Waals surface area contributed by atoms with Gasteiger partial charge in [-0.1, -0.05) is 29.3 Å². The van der Waals surface area contributed by atoms with Crippen LogP contribution in [0.1, 0.15) is 5.56 Å². The summed E-state index contributed by atoms with van der Waals surface area (Å²) in [7, 11) is 0. The van der Waals surface area contributed by atoms with Crippen LogP contribution in [0.2, 0.25) is 10.0 Å². The van der Waals surface area contributed by atoms with Crippen LogP contribution in [-0.4, -0.2) is 11.5 Å². The molecule has 1 aromatic carbocycles.